The maximum absolute atomic E-state index is 12.7. The molecular weight excluding hydrogens is 308 g/mol. The maximum atomic E-state index is 12.7. The number of amides is 1. The van der Waals surface area contributed by atoms with Gasteiger partial charge in [0.15, 0.2) is 0 Å². The molecule has 2 aromatic rings. The molecule has 1 aromatic heterocycles. The number of rotatable bonds is 2. The van der Waals surface area contributed by atoms with Crippen LogP contribution in [-0.4, -0.2) is 45.2 Å². The van der Waals surface area contributed by atoms with Crippen molar-refractivity contribution in [3.63, 3.8) is 0 Å². The van der Waals surface area contributed by atoms with Crippen LogP contribution in [0, 0.1) is 0 Å². The molecule has 2 aliphatic rings. The second-order valence-corrected chi connectivity index (χ2v) is 6.55. The number of fused-ring (bicyclic) bond motifs is 3. The van der Waals surface area contributed by atoms with Crippen molar-refractivity contribution in [2.45, 2.75) is 38.1 Å². The fraction of sp³-hybridized carbons (Fsp3) is 0.389. The first-order valence-corrected chi connectivity index (χ1v) is 8.23. The maximum Gasteiger partial charge on any atom is 0.326 e. The van der Waals surface area contributed by atoms with Gasteiger partial charge in [0, 0.05) is 41.5 Å². The number of aromatic amines is 1. The van der Waals surface area contributed by atoms with E-state index in [1.165, 1.54) is 4.90 Å². The summed E-state index contributed by atoms with van der Waals surface area (Å²) in [5, 5.41) is 10.2. The highest BCUT2D eigenvalue weighted by molar-refractivity contribution is 6.01. The molecule has 1 fully saturated rings. The van der Waals surface area contributed by atoms with Crippen LogP contribution in [0.3, 0.4) is 0 Å². The Morgan fingerprint density at radius 3 is 2.88 bits per heavy atom. The van der Waals surface area contributed by atoms with Gasteiger partial charge in [-0.05, 0) is 43.0 Å². The zero-order valence-electron chi connectivity index (χ0n) is 13.2. The first-order valence-electron chi connectivity index (χ1n) is 8.23. The standard InChI is InChI=1S/C18H18N2O4/c21-11-4-6-15-13(9-11)12-8-10(3-5-14(12)19-15)17(22)20-7-1-2-16(20)18(23)24/h3,5,8,16,19H,1-2,4,6-7,9H2,(H,23,24). The summed E-state index contributed by atoms with van der Waals surface area (Å²) in [5.74, 6) is -0.990. The number of carbonyl (C=O) groups is 3. The van der Waals surface area contributed by atoms with Gasteiger partial charge in [-0.3, -0.25) is 9.59 Å². The van der Waals surface area contributed by atoms with Crippen molar-refractivity contribution >= 4 is 28.6 Å². The van der Waals surface area contributed by atoms with Crippen molar-refractivity contribution < 1.29 is 19.5 Å². The number of aryl methyl sites for hydroxylation is 1. The number of carbonyl (C=O) groups excluding carboxylic acids is 2. The fourth-order valence-corrected chi connectivity index (χ4v) is 3.83. The minimum Gasteiger partial charge on any atom is -0.480 e. The van der Waals surface area contributed by atoms with Gasteiger partial charge in [-0.25, -0.2) is 4.79 Å². The van der Waals surface area contributed by atoms with E-state index >= 15 is 0 Å². The number of carboxylic acid groups (broad SMARTS) is 1. The van der Waals surface area contributed by atoms with Crippen LogP contribution in [0.5, 0.6) is 0 Å². The van der Waals surface area contributed by atoms with E-state index in [0.29, 0.717) is 44.2 Å². The molecule has 1 saturated heterocycles. The summed E-state index contributed by atoms with van der Waals surface area (Å²) >= 11 is 0. The van der Waals surface area contributed by atoms with E-state index in [1.54, 1.807) is 12.1 Å². The van der Waals surface area contributed by atoms with Gasteiger partial charge in [0.05, 0.1) is 0 Å². The first-order chi connectivity index (χ1) is 11.5. The first kappa shape index (κ1) is 14.9. The molecule has 1 aromatic carbocycles. The minimum absolute atomic E-state index is 0.214. The highest BCUT2D eigenvalue weighted by Gasteiger charge is 2.34. The normalized spacial score (nSPS) is 20.4. The molecule has 6 nitrogen and oxygen atoms in total. The van der Waals surface area contributed by atoms with Crippen molar-refractivity contribution in [2.24, 2.45) is 0 Å². The molecule has 1 unspecified atom stereocenters. The van der Waals surface area contributed by atoms with Crippen LogP contribution >= 0.6 is 0 Å². The van der Waals surface area contributed by atoms with E-state index < -0.39 is 12.0 Å². The van der Waals surface area contributed by atoms with Gasteiger partial charge in [-0.1, -0.05) is 0 Å². The van der Waals surface area contributed by atoms with Gasteiger partial charge in [0.2, 0.25) is 0 Å². The predicted octanol–water partition coefficient (Wildman–Crippen LogP) is 1.91. The Morgan fingerprint density at radius 1 is 1.25 bits per heavy atom. The van der Waals surface area contributed by atoms with E-state index in [4.69, 9.17) is 0 Å². The quantitative estimate of drug-likeness (QED) is 0.882. The topological polar surface area (TPSA) is 90.5 Å². The van der Waals surface area contributed by atoms with Crippen molar-refractivity contribution in [3.8, 4) is 0 Å². The molecule has 0 radical (unpaired) electrons. The molecule has 2 N–H and O–H groups in total. The number of nitrogens with zero attached hydrogens (tertiary/aromatic N) is 1. The minimum atomic E-state index is -0.952. The number of aliphatic carboxylic acids is 1. The van der Waals surface area contributed by atoms with Crippen molar-refractivity contribution in [2.75, 3.05) is 6.54 Å². The molecule has 0 spiro atoms. The molecule has 6 heteroatoms. The Balaban J connectivity index is 1.72. The molecule has 0 bridgehead atoms. The van der Waals surface area contributed by atoms with Crippen LogP contribution in [0.25, 0.3) is 10.9 Å². The Morgan fingerprint density at radius 2 is 2.08 bits per heavy atom. The van der Waals surface area contributed by atoms with E-state index in [1.807, 2.05) is 6.07 Å². The Kier molecular flexibility index (Phi) is 3.40. The predicted molar refractivity (Wildman–Crippen MR) is 87.0 cm³/mol. The summed E-state index contributed by atoms with van der Waals surface area (Å²) < 4.78 is 0. The van der Waals surface area contributed by atoms with E-state index in [2.05, 4.69) is 4.98 Å². The van der Waals surface area contributed by atoms with Gasteiger partial charge in [-0.15, -0.1) is 0 Å². The Bertz CT molecular complexity index is 867. The molecule has 1 aliphatic heterocycles. The molecule has 124 valence electrons. The van der Waals surface area contributed by atoms with Crippen LogP contribution in [0.1, 0.15) is 40.9 Å². The molecule has 1 amide bonds. The summed E-state index contributed by atoms with van der Waals surface area (Å²) in [6.07, 6.45) is 2.86. The van der Waals surface area contributed by atoms with E-state index in [0.717, 1.165) is 22.2 Å². The summed E-state index contributed by atoms with van der Waals surface area (Å²) in [6, 6.07) is 4.63. The summed E-state index contributed by atoms with van der Waals surface area (Å²) in [7, 11) is 0. The molecule has 24 heavy (non-hydrogen) atoms. The van der Waals surface area contributed by atoms with Gasteiger partial charge in [0.25, 0.3) is 5.91 Å². The number of aromatic nitrogens is 1. The smallest absolute Gasteiger partial charge is 0.326 e. The van der Waals surface area contributed by atoms with Gasteiger partial charge >= 0.3 is 5.97 Å². The largest absolute Gasteiger partial charge is 0.480 e. The molecule has 1 atom stereocenters. The highest BCUT2D eigenvalue weighted by atomic mass is 16.4. The average Bonchev–Trinajstić information content (AvgIpc) is 3.18. The van der Waals surface area contributed by atoms with Crippen LogP contribution in [0.15, 0.2) is 18.2 Å². The summed E-state index contributed by atoms with van der Waals surface area (Å²) in [6.45, 7) is 0.470. The number of carboxylic acids is 1. The van der Waals surface area contributed by atoms with E-state index in [-0.39, 0.29) is 11.7 Å². The number of likely N-dealkylation sites (tertiary alicyclic amines) is 1. The van der Waals surface area contributed by atoms with Crippen LogP contribution in [-0.2, 0) is 22.4 Å². The Hall–Kier alpha value is -2.63. The van der Waals surface area contributed by atoms with Crippen LogP contribution < -0.4 is 0 Å². The lowest BCUT2D eigenvalue weighted by Gasteiger charge is -2.21. The van der Waals surface area contributed by atoms with Gasteiger partial charge < -0.3 is 15.0 Å². The lowest BCUT2D eigenvalue weighted by Crippen LogP contribution is -2.40. The second kappa shape index (κ2) is 5.47. The zero-order valence-corrected chi connectivity index (χ0v) is 13.2. The number of hydrogen-bond donors (Lipinski definition) is 2. The van der Waals surface area contributed by atoms with Crippen LogP contribution in [0.2, 0.25) is 0 Å². The number of H-pyrrole nitrogens is 1. The van der Waals surface area contributed by atoms with Crippen LogP contribution in [0.4, 0.5) is 0 Å². The van der Waals surface area contributed by atoms with Gasteiger partial charge in [-0.2, -0.15) is 0 Å². The third-order valence-electron chi connectivity index (χ3n) is 5.07. The summed E-state index contributed by atoms with van der Waals surface area (Å²) in [5.41, 5.74) is 3.45. The lowest BCUT2D eigenvalue weighted by molar-refractivity contribution is -0.141. The summed E-state index contributed by atoms with van der Waals surface area (Å²) in [4.78, 5) is 40.6. The average molecular weight is 326 g/mol. The number of ketones is 1. The van der Waals surface area contributed by atoms with Crippen molar-refractivity contribution in [1.82, 2.24) is 9.88 Å². The molecule has 2 heterocycles. The zero-order chi connectivity index (χ0) is 16.8. The van der Waals surface area contributed by atoms with Crippen molar-refractivity contribution in [3.05, 3.63) is 35.0 Å². The monoisotopic (exact) mass is 326 g/mol. The number of hydrogen-bond acceptors (Lipinski definition) is 3. The number of Topliss-reactive ketones (excluding diaryl/α,β-unsaturated/α-hetero) is 1. The third kappa shape index (κ3) is 2.29. The number of nitrogens with one attached hydrogen (secondary N) is 1. The molecule has 1 aliphatic carbocycles. The van der Waals surface area contributed by atoms with Crippen molar-refractivity contribution in [1.29, 1.82) is 0 Å². The third-order valence-corrected chi connectivity index (χ3v) is 5.07. The molecule has 4 rings (SSSR count). The fourth-order valence-electron chi connectivity index (χ4n) is 3.83. The second-order valence-electron chi connectivity index (χ2n) is 6.55. The number of benzene rings is 1. The van der Waals surface area contributed by atoms with Gasteiger partial charge in [0.1, 0.15) is 11.8 Å². The lowest BCUT2D eigenvalue weighted by atomic mass is 9.94. The van der Waals surface area contributed by atoms with E-state index in [9.17, 15) is 19.5 Å². The molecular formula is C18H18N2O4. The SMILES string of the molecule is O=C1CCc2[nH]c3ccc(C(=O)N4CCCC4C(=O)O)cc3c2C1. The highest BCUT2D eigenvalue weighted by Crippen LogP contribution is 2.29. The molecule has 0 saturated carbocycles. The Labute approximate surface area is 138 Å².